The Bertz CT molecular complexity index is 324. The Morgan fingerprint density at radius 1 is 0.621 bits per heavy atom. The third-order valence-electron chi connectivity index (χ3n) is 5.14. The average molecular weight is 416 g/mol. The summed E-state index contributed by atoms with van der Waals surface area (Å²) in [5.74, 6) is -0.655. The summed E-state index contributed by atoms with van der Waals surface area (Å²) in [6.07, 6.45) is 24.5. The van der Waals surface area contributed by atoms with Gasteiger partial charge in [-0.1, -0.05) is 117 Å². The third kappa shape index (κ3) is 34.7. The summed E-state index contributed by atoms with van der Waals surface area (Å²) in [6, 6.07) is 0. The summed E-state index contributed by atoms with van der Waals surface area (Å²) in [4.78, 5) is 24.1. The Morgan fingerprint density at radius 3 is 1.31 bits per heavy atom. The van der Waals surface area contributed by atoms with Gasteiger partial charge in [0.25, 0.3) is 0 Å². The number of aliphatic carboxylic acids is 1. The first-order valence-corrected chi connectivity index (χ1v) is 12.3. The Labute approximate surface area is 180 Å². The first-order chi connectivity index (χ1) is 14.2. The van der Waals surface area contributed by atoms with Crippen molar-refractivity contribution < 1.29 is 14.7 Å². The zero-order valence-electron chi connectivity index (χ0n) is 19.5. The van der Waals surface area contributed by atoms with Gasteiger partial charge in [-0.15, -0.1) is 4.91 Å². The second-order valence-corrected chi connectivity index (χ2v) is 8.06. The molecule has 0 saturated heterocycles. The standard InChI is InChI=1S/C16H32O2.C8H17NO2/c1-2-3-4-5-6-7-8-9-10-11-12-13-14-15-16(17)18;1-2-3-4-5-6-7-8-11-9-10/h2-15H2,1H3,(H,17,18);2-8H2,1H3. The third-order valence-corrected chi connectivity index (χ3v) is 5.14. The van der Waals surface area contributed by atoms with Crippen LogP contribution in [0.3, 0.4) is 0 Å². The molecule has 0 aliphatic heterocycles. The lowest BCUT2D eigenvalue weighted by Crippen LogP contribution is -1.93. The van der Waals surface area contributed by atoms with Gasteiger partial charge in [0, 0.05) is 6.42 Å². The first-order valence-electron chi connectivity index (χ1n) is 12.3. The van der Waals surface area contributed by atoms with Crippen molar-refractivity contribution in [3.8, 4) is 0 Å². The van der Waals surface area contributed by atoms with E-state index < -0.39 is 5.97 Å². The first kappa shape index (κ1) is 30.1. The highest BCUT2D eigenvalue weighted by Crippen LogP contribution is 2.12. The number of rotatable bonds is 22. The molecule has 0 fully saturated rings. The van der Waals surface area contributed by atoms with E-state index in [1.165, 1.54) is 96.3 Å². The number of hydrogen-bond donors (Lipinski definition) is 1. The lowest BCUT2D eigenvalue weighted by Gasteiger charge is -2.02. The molecule has 0 radical (unpaired) electrons. The minimum Gasteiger partial charge on any atom is -0.481 e. The van der Waals surface area contributed by atoms with E-state index in [-0.39, 0.29) is 0 Å². The van der Waals surface area contributed by atoms with E-state index in [2.05, 4.69) is 24.0 Å². The molecule has 0 heterocycles. The summed E-state index contributed by atoms with van der Waals surface area (Å²) in [7, 11) is 0. The Morgan fingerprint density at radius 2 is 0.966 bits per heavy atom. The quantitative estimate of drug-likeness (QED) is 0.109. The van der Waals surface area contributed by atoms with Crippen molar-refractivity contribution in [2.24, 2.45) is 5.34 Å². The van der Waals surface area contributed by atoms with Crippen molar-refractivity contribution in [2.75, 3.05) is 6.61 Å². The van der Waals surface area contributed by atoms with Gasteiger partial charge in [0.1, 0.15) is 6.61 Å². The topological polar surface area (TPSA) is 76.0 Å². The second-order valence-electron chi connectivity index (χ2n) is 8.06. The Kier molecular flexibility index (Phi) is 30.1. The van der Waals surface area contributed by atoms with Gasteiger partial charge in [0.2, 0.25) is 0 Å². The maximum absolute atomic E-state index is 10.3. The smallest absolute Gasteiger partial charge is 0.303 e. The van der Waals surface area contributed by atoms with Crippen LogP contribution in [0.25, 0.3) is 0 Å². The highest BCUT2D eigenvalue weighted by atomic mass is 16.7. The van der Waals surface area contributed by atoms with Crippen LogP contribution in [0.4, 0.5) is 0 Å². The van der Waals surface area contributed by atoms with Gasteiger partial charge in [-0.3, -0.25) is 4.79 Å². The largest absolute Gasteiger partial charge is 0.481 e. The van der Waals surface area contributed by atoms with Gasteiger partial charge in [-0.25, -0.2) is 0 Å². The lowest BCUT2D eigenvalue weighted by molar-refractivity contribution is -0.137. The van der Waals surface area contributed by atoms with Crippen LogP contribution < -0.4 is 0 Å². The van der Waals surface area contributed by atoms with E-state index in [4.69, 9.17) is 5.11 Å². The molecule has 174 valence electrons. The fourth-order valence-corrected chi connectivity index (χ4v) is 3.28. The van der Waals surface area contributed by atoms with E-state index in [9.17, 15) is 9.70 Å². The molecule has 1 N–H and O–H groups in total. The molecule has 0 aromatic heterocycles. The van der Waals surface area contributed by atoms with Crippen molar-refractivity contribution >= 4 is 5.97 Å². The fraction of sp³-hybridized carbons (Fsp3) is 0.958. The van der Waals surface area contributed by atoms with E-state index in [1.54, 1.807) is 0 Å². The van der Waals surface area contributed by atoms with Crippen molar-refractivity contribution in [2.45, 2.75) is 142 Å². The molecule has 29 heavy (non-hydrogen) atoms. The number of nitrogens with zero attached hydrogens (tertiary/aromatic N) is 1. The van der Waals surface area contributed by atoms with E-state index >= 15 is 0 Å². The van der Waals surface area contributed by atoms with Crippen molar-refractivity contribution in [3.63, 3.8) is 0 Å². The highest BCUT2D eigenvalue weighted by Gasteiger charge is 1.97. The molecule has 0 spiro atoms. The summed E-state index contributed by atoms with van der Waals surface area (Å²) in [5, 5.41) is 10.8. The molecule has 0 aliphatic rings. The number of hydrogen-bond acceptors (Lipinski definition) is 4. The van der Waals surface area contributed by atoms with Crippen molar-refractivity contribution in [3.05, 3.63) is 4.91 Å². The average Bonchev–Trinajstić information content (AvgIpc) is 2.71. The highest BCUT2D eigenvalue weighted by molar-refractivity contribution is 5.66. The van der Waals surface area contributed by atoms with Crippen LogP contribution in [-0.2, 0) is 9.63 Å². The number of unbranched alkanes of at least 4 members (excludes halogenated alkanes) is 17. The molecule has 0 unspecified atom stereocenters. The molecule has 5 nitrogen and oxygen atoms in total. The molecule has 0 amide bonds. The predicted octanol–water partition coefficient (Wildman–Crippen LogP) is 8.60. The number of carboxylic acid groups (broad SMARTS) is 1. The van der Waals surface area contributed by atoms with Crippen molar-refractivity contribution in [1.29, 1.82) is 0 Å². The second kappa shape index (κ2) is 29.1. The zero-order chi connectivity index (χ0) is 21.8. The van der Waals surface area contributed by atoms with E-state index in [0.717, 1.165) is 25.7 Å². The number of carbonyl (C=O) groups is 1. The van der Waals surface area contributed by atoms with Crippen LogP contribution >= 0.6 is 0 Å². The monoisotopic (exact) mass is 415 g/mol. The Hall–Kier alpha value is -1.13. The van der Waals surface area contributed by atoms with Gasteiger partial charge < -0.3 is 9.94 Å². The van der Waals surface area contributed by atoms with Crippen LogP contribution in [-0.4, -0.2) is 17.7 Å². The molecule has 0 bridgehead atoms. The Balaban J connectivity index is 0. The molecular weight excluding hydrogens is 366 g/mol. The molecular formula is C24H49NO4. The van der Waals surface area contributed by atoms with E-state index in [1.807, 2.05) is 0 Å². The summed E-state index contributed by atoms with van der Waals surface area (Å²) in [6.45, 7) is 4.94. The van der Waals surface area contributed by atoms with E-state index in [0.29, 0.717) is 13.0 Å². The van der Waals surface area contributed by atoms with Crippen LogP contribution in [0.15, 0.2) is 5.34 Å². The molecule has 5 heteroatoms. The van der Waals surface area contributed by atoms with Crippen LogP contribution in [0.2, 0.25) is 0 Å². The van der Waals surface area contributed by atoms with Gasteiger partial charge in [0.15, 0.2) is 5.34 Å². The minimum absolute atomic E-state index is 0.345. The zero-order valence-corrected chi connectivity index (χ0v) is 19.5. The molecule has 0 saturated carbocycles. The maximum atomic E-state index is 10.3. The summed E-state index contributed by atoms with van der Waals surface area (Å²) < 4.78 is 0. The van der Waals surface area contributed by atoms with Gasteiger partial charge >= 0.3 is 5.97 Å². The minimum atomic E-state index is -0.655. The maximum Gasteiger partial charge on any atom is 0.303 e. The van der Waals surface area contributed by atoms with Gasteiger partial charge in [-0.2, -0.15) is 0 Å². The van der Waals surface area contributed by atoms with Crippen LogP contribution in [0.5, 0.6) is 0 Å². The SMILES string of the molecule is CCCCCCCCCCCCCCCC(=O)O.CCCCCCCCON=O. The molecule has 0 aromatic rings. The summed E-state index contributed by atoms with van der Waals surface area (Å²) >= 11 is 0. The van der Waals surface area contributed by atoms with Crippen LogP contribution in [0, 0.1) is 4.91 Å². The van der Waals surface area contributed by atoms with Crippen molar-refractivity contribution in [1.82, 2.24) is 0 Å². The van der Waals surface area contributed by atoms with Gasteiger partial charge in [-0.05, 0) is 19.3 Å². The molecule has 0 atom stereocenters. The number of carboxylic acids is 1. The molecule has 0 aliphatic carbocycles. The van der Waals surface area contributed by atoms with Gasteiger partial charge in [0.05, 0.1) is 0 Å². The van der Waals surface area contributed by atoms with Crippen LogP contribution in [0.1, 0.15) is 142 Å². The summed E-state index contributed by atoms with van der Waals surface area (Å²) in [5.41, 5.74) is 0. The fourth-order valence-electron chi connectivity index (χ4n) is 3.28. The predicted molar refractivity (Wildman–Crippen MR) is 123 cm³/mol. The lowest BCUT2D eigenvalue weighted by atomic mass is 10.0. The normalized spacial score (nSPS) is 10.3. The molecule has 0 aromatic carbocycles. The molecule has 0 rings (SSSR count).